The van der Waals surface area contributed by atoms with E-state index in [0.717, 1.165) is 24.8 Å². The Bertz CT molecular complexity index is 809. The highest BCUT2D eigenvalue weighted by atomic mass is 32.1. The summed E-state index contributed by atoms with van der Waals surface area (Å²) in [6.45, 7) is 6.04. The summed E-state index contributed by atoms with van der Waals surface area (Å²) < 4.78 is 5.25. The number of nitrogens with one attached hydrogen (secondary N) is 1. The van der Waals surface area contributed by atoms with Crippen LogP contribution in [0.5, 0.6) is 0 Å². The number of thiophene rings is 1. The molecule has 1 N–H and O–H groups in total. The number of carbonyl (C=O) groups excluding carboxylic acids is 2. The molecular weight excluding hydrogens is 358 g/mol. The highest BCUT2D eigenvalue weighted by molar-refractivity contribution is 7.14. The highest BCUT2D eigenvalue weighted by Crippen LogP contribution is 2.32. The Morgan fingerprint density at radius 2 is 2.04 bits per heavy atom. The summed E-state index contributed by atoms with van der Waals surface area (Å²) in [6.07, 6.45) is 4.00. The van der Waals surface area contributed by atoms with Gasteiger partial charge in [0.15, 0.2) is 6.61 Å². The molecule has 4 nitrogen and oxygen atoms in total. The third-order valence-corrected chi connectivity index (χ3v) is 6.31. The maximum Gasteiger partial charge on any atom is 0.348 e. The van der Waals surface area contributed by atoms with Crippen LogP contribution in [0.4, 0.5) is 0 Å². The SMILES string of the molecule is CC[C@@H](NC(=O)COC(=O)c1cc2c(s1)CC[C@H](C)C2)c1ccc(C)cc1. The molecule has 0 unspecified atom stereocenters. The van der Waals surface area contributed by atoms with Gasteiger partial charge in [-0.15, -0.1) is 11.3 Å². The standard InChI is InChI=1S/C22H27NO3S/c1-4-18(16-8-5-14(2)6-9-16)23-21(24)13-26-22(25)20-12-17-11-15(3)7-10-19(17)27-20/h5-6,8-9,12,15,18H,4,7,10-11,13H2,1-3H3,(H,23,24)/t15-,18+/m0/s1. The second-order valence-corrected chi connectivity index (χ2v) is 8.56. The molecule has 0 bridgehead atoms. The third-order valence-electron chi connectivity index (χ3n) is 5.09. The van der Waals surface area contributed by atoms with Crippen molar-refractivity contribution in [3.05, 3.63) is 56.8 Å². The zero-order valence-electron chi connectivity index (χ0n) is 16.2. The van der Waals surface area contributed by atoms with Gasteiger partial charge in [0.05, 0.1) is 6.04 Å². The van der Waals surface area contributed by atoms with Crippen LogP contribution in [0.2, 0.25) is 0 Å². The van der Waals surface area contributed by atoms with E-state index >= 15 is 0 Å². The zero-order valence-corrected chi connectivity index (χ0v) is 17.0. The molecular formula is C22H27NO3S. The summed E-state index contributed by atoms with van der Waals surface area (Å²) in [5.74, 6) is -0.0131. The van der Waals surface area contributed by atoms with Gasteiger partial charge in [0.1, 0.15) is 4.88 Å². The van der Waals surface area contributed by atoms with Gasteiger partial charge in [0.25, 0.3) is 5.91 Å². The molecule has 5 heteroatoms. The Labute approximate surface area is 164 Å². The lowest BCUT2D eigenvalue weighted by Gasteiger charge is -2.17. The summed E-state index contributed by atoms with van der Waals surface area (Å²) in [5.41, 5.74) is 3.50. The number of ether oxygens (including phenoxy) is 1. The van der Waals surface area contributed by atoms with Gasteiger partial charge in [-0.1, -0.05) is 43.7 Å². The monoisotopic (exact) mass is 385 g/mol. The molecule has 1 aliphatic rings. The molecule has 1 aromatic heterocycles. The second-order valence-electron chi connectivity index (χ2n) is 7.42. The van der Waals surface area contributed by atoms with Crippen molar-refractivity contribution in [1.29, 1.82) is 0 Å². The molecule has 2 atom stereocenters. The minimum Gasteiger partial charge on any atom is -0.451 e. The Hall–Kier alpha value is -2.14. The van der Waals surface area contributed by atoms with Crippen LogP contribution < -0.4 is 5.32 Å². The van der Waals surface area contributed by atoms with Crippen molar-refractivity contribution in [3.63, 3.8) is 0 Å². The van der Waals surface area contributed by atoms with E-state index in [4.69, 9.17) is 4.74 Å². The first-order valence-corrected chi connectivity index (χ1v) is 10.4. The first kappa shape index (κ1) is 19.6. The number of benzene rings is 1. The van der Waals surface area contributed by atoms with Crippen LogP contribution >= 0.6 is 11.3 Å². The van der Waals surface area contributed by atoms with E-state index in [1.165, 1.54) is 33.8 Å². The van der Waals surface area contributed by atoms with Gasteiger partial charge < -0.3 is 10.1 Å². The molecule has 0 spiro atoms. The average Bonchev–Trinajstić information content (AvgIpc) is 3.08. The molecule has 2 aromatic rings. The maximum atomic E-state index is 12.3. The third kappa shape index (κ3) is 4.98. The van der Waals surface area contributed by atoms with Gasteiger partial charge in [-0.25, -0.2) is 4.79 Å². The minimum absolute atomic E-state index is 0.0765. The Morgan fingerprint density at radius 1 is 1.30 bits per heavy atom. The van der Waals surface area contributed by atoms with E-state index in [1.807, 2.05) is 44.2 Å². The number of carbonyl (C=O) groups is 2. The van der Waals surface area contributed by atoms with Crippen LogP contribution in [0.15, 0.2) is 30.3 Å². The number of amides is 1. The Morgan fingerprint density at radius 3 is 2.74 bits per heavy atom. The summed E-state index contributed by atoms with van der Waals surface area (Å²) in [6, 6.07) is 9.97. The quantitative estimate of drug-likeness (QED) is 0.739. The normalized spacial score (nSPS) is 17.1. The summed E-state index contributed by atoms with van der Waals surface area (Å²) in [5, 5.41) is 2.95. The van der Waals surface area contributed by atoms with Crippen LogP contribution in [0.25, 0.3) is 0 Å². The van der Waals surface area contributed by atoms with Crippen molar-refractivity contribution in [2.24, 2.45) is 5.92 Å². The average molecular weight is 386 g/mol. The molecule has 1 aliphatic carbocycles. The Kier molecular flexibility index (Phi) is 6.32. The topological polar surface area (TPSA) is 55.4 Å². The fourth-order valence-electron chi connectivity index (χ4n) is 3.46. The maximum absolute atomic E-state index is 12.3. The van der Waals surface area contributed by atoms with Crippen LogP contribution in [0.1, 0.15) is 64.0 Å². The van der Waals surface area contributed by atoms with Crippen LogP contribution in [-0.2, 0) is 22.4 Å². The van der Waals surface area contributed by atoms with Crippen LogP contribution in [0, 0.1) is 12.8 Å². The number of aryl methyl sites for hydroxylation is 2. The number of esters is 1. The predicted octanol–water partition coefficient (Wildman–Crippen LogP) is 4.61. The number of hydrogen-bond donors (Lipinski definition) is 1. The smallest absolute Gasteiger partial charge is 0.348 e. The first-order chi connectivity index (χ1) is 13.0. The Balaban J connectivity index is 1.54. The van der Waals surface area contributed by atoms with Crippen molar-refractivity contribution >= 4 is 23.2 Å². The molecule has 144 valence electrons. The molecule has 3 rings (SSSR count). The van der Waals surface area contributed by atoms with E-state index in [0.29, 0.717) is 10.8 Å². The largest absolute Gasteiger partial charge is 0.451 e. The summed E-state index contributed by atoms with van der Waals surface area (Å²) in [7, 11) is 0. The van der Waals surface area contributed by atoms with Gasteiger partial charge in [0.2, 0.25) is 0 Å². The molecule has 0 radical (unpaired) electrons. The van der Waals surface area contributed by atoms with Crippen molar-refractivity contribution in [1.82, 2.24) is 5.32 Å². The summed E-state index contributed by atoms with van der Waals surface area (Å²) in [4.78, 5) is 26.5. The molecule has 0 aliphatic heterocycles. The van der Waals surface area contributed by atoms with Crippen molar-refractivity contribution in [2.45, 2.75) is 52.5 Å². The number of fused-ring (bicyclic) bond motifs is 1. The van der Waals surface area contributed by atoms with E-state index < -0.39 is 5.97 Å². The van der Waals surface area contributed by atoms with E-state index in [2.05, 4.69) is 12.2 Å². The molecule has 0 saturated carbocycles. The van der Waals surface area contributed by atoms with Gasteiger partial charge in [-0.3, -0.25) is 4.79 Å². The lowest BCUT2D eigenvalue weighted by atomic mass is 9.90. The molecule has 0 fully saturated rings. The predicted molar refractivity (Wildman–Crippen MR) is 108 cm³/mol. The van der Waals surface area contributed by atoms with E-state index in [1.54, 1.807) is 0 Å². The molecule has 27 heavy (non-hydrogen) atoms. The van der Waals surface area contributed by atoms with Crippen molar-refractivity contribution in [3.8, 4) is 0 Å². The van der Waals surface area contributed by atoms with E-state index in [9.17, 15) is 9.59 Å². The van der Waals surface area contributed by atoms with E-state index in [-0.39, 0.29) is 18.6 Å². The lowest BCUT2D eigenvalue weighted by Crippen LogP contribution is -2.32. The number of rotatable bonds is 6. The fraction of sp³-hybridized carbons (Fsp3) is 0.455. The van der Waals surface area contributed by atoms with Gasteiger partial charge in [-0.05, 0) is 55.7 Å². The number of hydrogen-bond acceptors (Lipinski definition) is 4. The van der Waals surface area contributed by atoms with Crippen LogP contribution in [0.3, 0.4) is 0 Å². The van der Waals surface area contributed by atoms with Crippen molar-refractivity contribution < 1.29 is 14.3 Å². The first-order valence-electron chi connectivity index (χ1n) is 9.61. The molecule has 0 saturated heterocycles. The molecule has 1 heterocycles. The zero-order chi connectivity index (χ0) is 19.4. The highest BCUT2D eigenvalue weighted by Gasteiger charge is 2.22. The molecule has 1 aromatic carbocycles. The van der Waals surface area contributed by atoms with Gasteiger partial charge >= 0.3 is 5.97 Å². The van der Waals surface area contributed by atoms with Gasteiger partial charge in [0, 0.05) is 4.88 Å². The van der Waals surface area contributed by atoms with Crippen molar-refractivity contribution in [2.75, 3.05) is 6.61 Å². The fourth-order valence-corrected chi connectivity index (χ4v) is 4.57. The minimum atomic E-state index is -0.402. The summed E-state index contributed by atoms with van der Waals surface area (Å²) >= 11 is 1.51. The van der Waals surface area contributed by atoms with Gasteiger partial charge in [-0.2, -0.15) is 0 Å². The lowest BCUT2D eigenvalue weighted by molar-refractivity contribution is -0.125. The van der Waals surface area contributed by atoms with Crippen LogP contribution in [-0.4, -0.2) is 18.5 Å². The second kappa shape index (κ2) is 8.70. The molecule has 1 amide bonds.